The minimum absolute atomic E-state index is 0.0309. The average molecular weight is 302 g/mol. The van der Waals surface area contributed by atoms with Gasteiger partial charge in [-0.1, -0.05) is 0 Å². The van der Waals surface area contributed by atoms with E-state index in [4.69, 9.17) is 0 Å². The van der Waals surface area contributed by atoms with E-state index >= 15 is 0 Å². The van der Waals surface area contributed by atoms with Gasteiger partial charge in [0.1, 0.15) is 0 Å². The van der Waals surface area contributed by atoms with E-state index in [-0.39, 0.29) is 5.91 Å². The number of hydrogen-bond donors (Lipinski definition) is 1. The summed E-state index contributed by atoms with van der Waals surface area (Å²) < 4.78 is 26.6. The molecule has 0 spiro atoms. The molecular weight excluding hydrogens is 280 g/mol. The standard InChI is InChI=1S/C12H22N4O3S/c1-10(11-8-13-9-11)12(17)15-4-6-16(7-5-15)20(18,19)14(2)3/h13H,4-9H2,1-3H3. The van der Waals surface area contributed by atoms with Crippen LogP contribution in [-0.2, 0) is 15.0 Å². The van der Waals surface area contributed by atoms with E-state index in [0.717, 1.165) is 24.2 Å². The summed E-state index contributed by atoms with van der Waals surface area (Å²) >= 11 is 0. The minimum atomic E-state index is -3.37. The molecule has 0 atom stereocenters. The zero-order chi connectivity index (χ0) is 14.9. The second-order valence-corrected chi connectivity index (χ2v) is 7.46. The molecule has 0 aromatic rings. The summed E-state index contributed by atoms with van der Waals surface area (Å²) in [7, 11) is -0.335. The third-order valence-corrected chi connectivity index (χ3v) is 5.78. The second-order valence-electron chi connectivity index (χ2n) is 5.31. The predicted octanol–water partition coefficient (Wildman–Crippen LogP) is -1.14. The fourth-order valence-electron chi connectivity index (χ4n) is 2.26. The topological polar surface area (TPSA) is 73.0 Å². The largest absolute Gasteiger partial charge is 0.336 e. The Morgan fingerprint density at radius 3 is 2.10 bits per heavy atom. The van der Waals surface area contributed by atoms with Crippen LogP contribution in [0.15, 0.2) is 11.1 Å². The summed E-state index contributed by atoms with van der Waals surface area (Å²) in [4.78, 5) is 14.0. The van der Waals surface area contributed by atoms with Gasteiger partial charge in [-0.05, 0) is 12.5 Å². The first-order valence-electron chi connectivity index (χ1n) is 6.70. The smallest absolute Gasteiger partial charge is 0.281 e. The molecule has 0 aliphatic carbocycles. The fraction of sp³-hybridized carbons (Fsp3) is 0.750. The fourth-order valence-corrected chi connectivity index (χ4v) is 3.34. The van der Waals surface area contributed by atoms with Crippen LogP contribution in [0.4, 0.5) is 0 Å². The summed E-state index contributed by atoms with van der Waals surface area (Å²) in [6.45, 7) is 5.02. The molecule has 2 aliphatic rings. The summed E-state index contributed by atoms with van der Waals surface area (Å²) in [5.41, 5.74) is 1.95. The summed E-state index contributed by atoms with van der Waals surface area (Å²) in [5, 5.41) is 3.12. The SMILES string of the molecule is CC(C(=O)N1CCN(S(=O)(=O)N(C)C)CC1)=C1CNC1. The van der Waals surface area contributed by atoms with Gasteiger partial charge in [0, 0.05) is 58.9 Å². The quantitative estimate of drug-likeness (QED) is 0.669. The van der Waals surface area contributed by atoms with Gasteiger partial charge in [-0.25, -0.2) is 0 Å². The molecule has 2 heterocycles. The van der Waals surface area contributed by atoms with Gasteiger partial charge in [0.05, 0.1) is 0 Å². The molecule has 0 saturated carbocycles. The molecule has 0 radical (unpaired) electrons. The molecule has 0 aromatic carbocycles. The summed E-state index contributed by atoms with van der Waals surface area (Å²) in [5.74, 6) is 0.0309. The van der Waals surface area contributed by atoms with E-state index in [0.29, 0.717) is 26.2 Å². The van der Waals surface area contributed by atoms with Gasteiger partial charge < -0.3 is 10.2 Å². The van der Waals surface area contributed by atoms with Crippen molar-refractivity contribution >= 4 is 16.1 Å². The average Bonchev–Trinajstić information content (AvgIpc) is 2.35. The normalized spacial score (nSPS) is 21.0. The third kappa shape index (κ3) is 2.88. The van der Waals surface area contributed by atoms with Crippen LogP contribution in [0, 0.1) is 0 Å². The van der Waals surface area contributed by atoms with E-state index in [1.54, 1.807) is 4.90 Å². The van der Waals surface area contributed by atoms with Crippen LogP contribution in [0.1, 0.15) is 6.92 Å². The molecule has 114 valence electrons. The van der Waals surface area contributed by atoms with Crippen molar-refractivity contribution in [2.75, 3.05) is 53.4 Å². The van der Waals surface area contributed by atoms with Crippen LogP contribution in [0.25, 0.3) is 0 Å². The number of carbonyl (C=O) groups is 1. The van der Waals surface area contributed by atoms with Crippen molar-refractivity contribution in [3.05, 3.63) is 11.1 Å². The number of hydrogen-bond acceptors (Lipinski definition) is 4. The molecule has 0 bridgehead atoms. The van der Waals surface area contributed by atoms with Gasteiger partial charge in [0.15, 0.2) is 0 Å². The zero-order valence-corrected chi connectivity index (χ0v) is 13.0. The van der Waals surface area contributed by atoms with E-state index in [9.17, 15) is 13.2 Å². The molecule has 1 N–H and O–H groups in total. The first-order chi connectivity index (χ1) is 9.34. The minimum Gasteiger partial charge on any atom is -0.336 e. The summed E-state index contributed by atoms with van der Waals surface area (Å²) in [6.07, 6.45) is 0. The van der Waals surface area contributed by atoms with Crippen molar-refractivity contribution in [1.29, 1.82) is 0 Å². The molecule has 7 nitrogen and oxygen atoms in total. The highest BCUT2D eigenvalue weighted by molar-refractivity contribution is 7.86. The van der Waals surface area contributed by atoms with Crippen molar-refractivity contribution in [2.24, 2.45) is 0 Å². The summed E-state index contributed by atoms with van der Waals surface area (Å²) in [6, 6.07) is 0. The third-order valence-electron chi connectivity index (χ3n) is 3.84. The Kier molecular flexibility index (Phi) is 4.48. The van der Waals surface area contributed by atoms with Crippen LogP contribution >= 0.6 is 0 Å². The lowest BCUT2D eigenvalue weighted by Gasteiger charge is -2.36. The lowest BCUT2D eigenvalue weighted by molar-refractivity contribution is -0.128. The molecule has 2 fully saturated rings. The number of amides is 1. The maximum absolute atomic E-state index is 12.3. The van der Waals surface area contributed by atoms with E-state index in [2.05, 4.69) is 5.32 Å². The first-order valence-corrected chi connectivity index (χ1v) is 8.10. The molecule has 0 unspecified atom stereocenters. The molecule has 0 aromatic heterocycles. The van der Waals surface area contributed by atoms with Gasteiger partial charge in [-0.3, -0.25) is 4.79 Å². The highest BCUT2D eigenvalue weighted by atomic mass is 32.2. The predicted molar refractivity (Wildman–Crippen MR) is 76.3 cm³/mol. The lowest BCUT2D eigenvalue weighted by Crippen LogP contribution is -2.53. The monoisotopic (exact) mass is 302 g/mol. The Morgan fingerprint density at radius 2 is 1.70 bits per heavy atom. The van der Waals surface area contributed by atoms with Crippen molar-refractivity contribution in [2.45, 2.75) is 6.92 Å². The highest BCUT2D eigenvalue weighted by Crippen LogP contribution is 2.15. The Balaban J connectivity index is 1.96. The number of carbonyl (C=O) groups excluding carboxylic acids is 1. The molecule has 8 heteroatoms. The number of piperazine rings is 1. The van der Waals surface area contributed by atoms with Gasteiger partial charge in [-0.15, -0.1) is 0 Å². The molecule has 2 rings (SSSR count). The highest BCUT2D eigenvalue weighted by Gasteiger charge is 2.31. The maximum Gasteiger partial charge on any atom is 0.281 e. The van der Waals surface area contributed by atoms with Crippen molar-refractivity contribution in [3.8, 4) is 0 Å². The Morgan fingerprint density at radius 1 is 1.15 bits per heavy atom. The molecule has 2 aliphatic heterocycles. The van der Waals surface area contributed by atoms with Crippen LogP contribution in [0.3, 0.4) is 0 Å². The van der Waals surface area contributed by atoms with E-state index in [1.165, 1.54) is 22.7 Å². The van der Waals surface area contributed by atoms with Gasteiger partial charge in [0.25, 0.3) is 10.2 Å². The molecule has 1 amide bonds. The first kappa shape index (κ1) is 15.4. The van der Waals surface area contributed by atoms with Crippen LogP contribution in [-0.4, -0.2) is 81.2 Å². The zero-order valence-electron chi connectivity index (χ0n) is 12.2. The molecule has 2 saturated heterocycles. The Labute approximate surface area is 120 Å². The van der Waals surface area contributed by atoms with Crippen LogP contribution in [0.2, 0.25) is 0 Å². The van der Waals surface area contributed by atoms with Gasteiger partial charge >= 0.3 is 0 Å². The maximum atomic E-state index is 12.3. The Hall–Kier alpha value is -0.960. The van der Waals surface area contributed by atoms with Crippen LogP contribution in [0.5, 0.6) is 0 Å². The van der Waals surface area contributed by atoms with E-state index in [1.807, 2.05) is 6.92 Å². The number of nitrogens with one attached hydrogen (secondary N) is 1. The number of rotatable bonds is 3. The molecule has 20 heavy (non-hydrogen) atoms. The van der Waals surface area contributed by atoms with Crippen molar-refractivity contribution in [1.82, 2.24) is 18.8 Å². The Bertz CT molecular complexity index is 513. The van der Waals surface area contributed by atoms with Crippen molar-refractivity contribution in [3.63, 3.8) is 0 Å². The van der Waals surface area contributed by atoms with Crippen LogP contribution < -0.4 is 5.32 Å². The van der Waals surface area contributed by atoms with Gasteiger partial charge in [-0.2, -0.15) is 17.0 Å². The van der Waals surface area contributed by atoms with E-state index < -0.39 is 10.2 Å². The lowest BCUT2D eigenvalue weighted by atomic mass is 10.0. The number of nitrogens with zero attached hydrogens (tertiary/aromatic N) is 3. The second kappa shape index (κ2) is 5.80. The van der Waals surface area contributed by atoms with Gasteiger partial charge in [0.2, 0.25) is 5.91 Å². The van der Waals surface area contributed by atoms with Crippen molar-refractivity contribution < 1.29 is 13.2 Å². The molecular formula is C12H22N4O3S.